The van der Waals surface area contributed by atoms with E-state index in [9.17, 15) is 18.0 Å². The fraction of sp³-hybridized carbons (Fsp3) is 0.214. The average Bonchev–Trinajstić information content (AvgIpc) is 3.24. The molecule has 0 saturated heterocycles. The molecule has 0 saturated carbocycles. The maximum atomic E-state index is 12.8. The topological polar surface area (TPSA) is 48.4 Å². The first-order valence-corrected chi connectivity index (χ1v) is 12.1. The number of carbonyl (C=O) groups is 1. The van der Waals surface area contributed by atoms with Gasteiger partial charge in [0.25, 0.3) is 0 Å². The number of hydrogen-bond acceptors (Lipinski definition) is 5. The van der Waals surface area contributed by atoms with Gasteiger partial charge in [0.05, 0.1) is 22.1 Å². The molecule has 3 aromatic carbocycles. The SMILES string of the molecule is Cc1nc(-c2ccc(C(F)(F)F)cc2)sc1COc1ccccc1OC(=O)C(C)Cc1ccccc1. The second kappa shape index (κ2) is 11.0. The molecule has 0 spiro atoms. The normalized spacial score (nSPS) is 12.2. The van der Waals surface area contributed by atoms with Crippen LogP contribution in [0.25, 0.3) is 10.6 Å². The molecule has 0 aliphatic carbocycles. The molecule has 4 aromatic rings. The van der Waals surface area contributed by atoms with Crippen molar-refractivity contribution < 1.29 is 27.4 Å². The first kappa shape index (κ1) is 25.4. The highest BCUT2D eigenvalue weighted by molar-refractivity contribution is 7.15. The Morgan fingerprint density at radius 2 is 1.58 bits per heavy atom. The molecule has 36 heavy (non-hydrogen) atoms. The molecule has 0 aliphatic heterocycles. The number of aryl methyl sites for hydroxylation is 1. The van der Waals surface area contributed by atoms with Crippen molar-refractivity contribution in [1.29, 1.82) is 0 Å². The summed E-state index contributed by atoms with van der Waals surface area (Å²) in [4.78, 5) is 18.0. The minimum atomic E-state index is -4.38. The number of rotatable bonds is 8. The molecule has 0 N–H and O–H groups in total. The number of thiazole rings is 1. The summed E-state index contributed by atoms with van der Waals surface area (Å²) >= 11 is 1.35. The van der Waals surface area contributed by atoms with Gasteiger partial charge in [-0.1, -0.05) is 61.5 Å². The van der Waals surface area contributed by atoms with Gasteiger partial charge in [-0.2, -0.15) is 13.2 Å². The predicted molar refractivity (Wildman–Crippen MR) is 133 cm³/mol. The fourth-order valence-corrected chi connectivity index (χ4v) is 4.53. The summed E-state index contributed by atoms with van der Waals surface area (Å²) in [7, 11) is 0. The third-order valence-electron chi connectivity index (χ3n) is 5.56. The molecule has 1 aromatic heterocycles. The molecule has 0 bridgehead atoms. The number of alkyl halides is 3. The maximum absolute atomic E-state index is 12.8. The molecular formula is C28H24F3NO3S. The average molecular weight is 512 g/mol. The summed E-state index contributed by atoms with van der Waals surface area (Å²) in [5.41, 5.74) is 1.67. The van der Waals surface area contributed by atoms with Gasteiger partial charge in [0.2, 0.25) is 0 Å². The quantitative estimate of drug-likeness (QED) is 0.182. The number of carbonyl (C=O) groups excluding carboxylic acids is 1. The van der Waals surface area contributed by atoms with Gasteiger partial charge >= 0.3 is 12.1 Å². The molecule has 186 valence electrons. The van der Waals surface area contributed by atoms with E-state index in [1.165, 1.54) is 23.5 Å². The lowest BCUT2D eigenvalue weighted by Crippen LogP contribution is -2.20. The predicted octanol–water partition coefficient (Wildman–Crippen LogP) is 7.50. The molecule has 8 heteroatoms. The Morgan fingerprint density at radius 1 is 0.944 bits per heavy atom. The van der Waals surface area contributed by atoms with E-state index in [1.54, 1.807) is 24.3 Å². The summed E-state index contributed by atoms with van der Waals surface area (Å²) in [6.07, 6.45) is -3.82. The van der Waals surface area contributed by atoms with Crippen molar-refractivity contribution in [3.63, 3.8) is 0 Å². The number of ether oxygens (including phenoxy) is 2. The Hall–Kier alpha value is -3.65. The van der Waals surface area contributed by atoms with Crippen molar-refractivity contribution in [2.24, 2.45) is 5.92 Å². The first-order chi connectivity index (χ1) is 17.2. The summed E-state index contributed by atoms with van der Waals surface area (Å²) in [5.74, 6) is 0.0538. The van der Waals surface area contributed by atoms with E-state index in [0.29, 0.717) is 28.5 Å². The number of halogens is 3. The molecular weight excluding hydrogens is 487 g/mol. The Morgan fingerprint density at radius 3 is 2.25 bits per heavy atom. The van der Waals surface area contributed by atoms with Crippen LogP contribution < -0.4 is 9.47 Å². The van der Waals surface area contributed by atoms with Crippen molar-refractivity contribution in [3.05, 3.63) is 101 Å². The second-order valence-corrected chi connectivity index (χ2v) is 9.43. The molecule has 1 atom stereocenters. The lowest BCUT2D eigenvalue weighted by atomic mass is 10.0. The molecule has 0 aliphatic rings. The number of nitrogens with zero attached hydrogens (tertiary/aromatic N) is 1. The largest absolute Gasteiger partial charge is 0.484 e. The van der Waals surface area contributed by atoms with Gasteiger partial charge in [-0.25, -0.2) is 4.98 Å². The zero-order valence-corrected chi connectivity index (χ0v) is 20.5. The highest BCUT2D eigenvalue weighted by Crippen LogP contribution is 2.34. The number of hydrogen-bond donors (Lipinski definition) is 0. The Balaban J connectivity index is 1.42. The van der Waals surface area contributed by atoms with E-state index < -0.39 is 11.7 Å². The lowest BCUT2D eigenvalue weighted by molar-refractivity contribution is -0.139. The van der Waals surface area contributed by atoms with Gasteiger partial charge in [-0.3, -0.25) is 4.79 Å². The number of aromatic nitrogens is 1. The van der Waals surface area contributed by atoms with E-state index >= 15 is 0 Å². The maximum Gasteiger partial charge on any atom is 0.416 e. The summed E-state index contributed by atoms with van der Waals surface area (Å²) < 4.78 is 50.1. The minimum Gasteiger partial charge on any atom is -0.484 e. The molecule has 0 amide bonds. The van der Waals surface area contributed by atoms with Crippen molar-refractivity contribution in [1.82, 2.24) is 4.98 Å². The molecule has 1 heterocycles. The molecule has 1 unspecified atom stereocenters. The highest BCUT2D eigenvalue weighted by atomic mass is 32.1. The van der Waals surface area contributed by atoms with Crippen LogP contribution in [0.15, 0.2) is 78.9 Å². The molecule has 0 fully saturated rings. The van der Waals surface area contributed by atoms with Crippen LogP contribution in [0.3, 0.4) is 0 Å². The standard InChI is InChI=1S/C28H24F3NO3S/c1-18(16-20-8-4-3-5-9-20)27(33)35-24-11-7-6-10-23(24)34-17-25-19(2)32-26(36-25)21-12-14-22(15-13-21)28(29,30)31/h3-15,18H,16-17H2,1-2H3. The third-order valence-corrected chi connectivity index (χ3v) is 6.74. The Labute approximate surface area is 211 Å². The number of benzene rings is 3. The molecule has 4 nitrogen and oxygen atoms in total. The Bertz CT molecular complexity index is 1320. The second-order valence-electron chi connectivity index (χ2n) is 8.35. The van der Waals surface area contributed by atoms with Gasteiger partial charge in [-0.05, 0) is 43.2 Å². The van der Waals surface area contributed by atoms with Crippen LogP contribution in [-0.2, 0) is 24.0 Å². The molecule has 0 radical (unpaired) electrons. The van der Waals surface area contributed by atoms with Gasteiger partial charge in [0, 0.05) is 5.56 Å². The van der Waals surface area contributed by atoms with Crippen molar-refractivity contribution in [2.45, 2.75) is 33.1 Å². The fourth-order valence-electron chi connectivity index (χ4n) is 3.54. The number of esters is 1. The zero-order chi connectivity index (χ0) is 25.7. The van der Waals surface area contributed by atoms with E-state index in [-0.39, 0.29) is 18.5 Å². The lowest BCUT2D eigenvalue weighted by Gasteiger charge is -2.14. The van der Waals surface area contributed by atoms with Gasteiger partial charge < -0.3 is 9.47 Å². The van der Waals surface area contributed by atoms with Crippen molar-refractivity contribution in [3.8, 4) is 22.1 Å². The monoisotopic (exact) mass is 511 g/mol. The van der Waals surface area contributed by atoms with Crippen LogP contribution in [0.2, 0.25) is 0 Å². The van der Waals surface area contributed by atoms with Crippen molar-refractivity contribution >= 4 is 17.3 Å². The van der Waals surface area contributed by atoms with Crippen LogP contribution >= 0.6 is 11.3 Å². The van der Waals surface area contributed by atoms with Crippen LogP contribution in [0.4, 0.5) is 13.2 Å². The summed E-state index contributed by atoms with van der Waals surface area (Å²) in [6, 6.07) is 21.6. The van der Waals surface area contributed by atoms with E-state index in [4.69, 9.17) is 9.47 Å². The van der Waals surface area contributed by atoms with Crippen molar-refractivity contribution in [2.75, 3.05) is 0 Å². The Kier molecular flexibility index (Phi) is 7.74. The van der Waals surface area contributed by atoms with Gasteiger partial charge in [-0.15, -0.1) is 11.3 Å². The smallest absolute Gasteiger partial charge is 0.416 e. The van der Waals surface area contributed by atoms with Crippen LogP contribution in [0.5, 0.6) is 11.5 Å². The van der Waals surface area contributed by atoms with Gasteiger partial charge in [0.15, 0.2) is 11.5 Å². The summed E-state index contributed by atoms with van der Waals surface area (Å²) in [6.45, 7) is 3.82. The third kappa shape index (κ3) is 6.31. The molecule has 4 rings (SSSR count). The summed E-state index contributed by atoms with van der Waals surface area (Å²) in [5, 5.41) is 0.606. The zero-order valence-electron chi connectivity index (χ0n) is 19.7. The van der Waals surface area contributed by atoms with Crippen LogP contribution in [0, 0.1) is 12.8 Å². The van der Waals surface area contributed by atoms with E-state index in [2.05, 4.69) is 4.98 Å². The first-order valence-electron chi connectivity index (χ1n) is 11.3. The number of para-hydroxylation sites is 2. The highest BCUT2D eigenvalue weighted by Gasteiger charge is 2.30. The van der Waals surface area contributed by atoms with E-state index in [0.717, 1.165) is 28.3 Å². The van der Waals surface area contributed by atoms with Crippen LogP contribution in [0.1, 0.15) is 28.6 Å². The van der Waals surface area contributed by atoms with E-state index in [1.807, 2.05) is 44.2 Å². The minimum absolute atomic E-state index is 0.179. The van der Waals surface area contributed by atoms with Gasteiger partial charge in [0.1, 0.15) is 11.6 Å². The van der Waals surface area contributed by atoms with Crippen LogP contribution in [-0.4, -0.2) is 11.0 Å².